The number of hydrogen-bond acceptors (Lipinski definition) is 1. The van der Waals surface area contributed by atoms with Crippen LogP contribution in [-0.2, 0) is 0 Å². The molecule has 0 bridgehead atoms. The first-order valence-electron chi connectivity index (χ1n) is 5.46. The van der Waals surface area contributed by atoms with E-state index < -0.39 is 0 Å². The van der Waals surface area contributed by atoms with Crippen molar-refractivity contribution in [1.82, 2.24) is 9.55 Å². The van der Waals surface area contributed by atoms with Crippen molar-refractivity contribution in [2.24, 2.45) is 5.92 Å². The average molecular weight is 210 g/mol. The summed E-state index contributed by atoms with van der Waals surface area (Å²) in [6.45, 7) is 4.42. The van der Waals surface area contributed by atoms with Gasteiger partial charge >= 0.3 is 0 Å². The van der Waals surface area contributed by atoms with Crippen molar-refractivity contribution in [1.29, 1.82) is 0 Å². The van der Waals surface area contributed by atoms with Gasteiger partial charge in [-0.3, -0.25) is 0 Å². The summed E-state index contributed by atoms with van der Waals surface area (Å²) in [5.41, 5.74) is 1.26. The summed E-state index contributed by atoms with van der Waals surface area (Å²) in [6, 6.07) is 0.566. The minimum absolute atomic E-state index is 0.566. The summed E-state index contributed by atoms with van der Waals surface area (Å²) >= 11 is 5.29. The van der Waals surface area contributed by atoms with Crippen molar-refractivity contribution in [2.45, 2.75) is 45.6 Å². The maximum absolute atomic E-state index is 5.29. The molecule has 0 amide bonds. The van der Waals surface area contributed by atoms with Crippen LogP contribution in [-0.4, -0.2) is 9.55 Å². The zero-order chi connectivity index (χ0) is 10.1. The smallest absolute Gasteiger partial charge is 0.177 e. The Hall–Kier alpha value is -0.570. The van der Waals surface area contributed by atoms with Crippen molar-refractivity contribution in [3.8, 4) is 0 Å². The Bertz CT molecular complexity index is 358. The SMILES string of the molecule is Cc1c[nH]c(=S)n1C(C)C1CCCC1. The highest BCUT2D eigenvalue weighted by atomic mass is 32.1. The molecule has 1 saturated carbocycles. The Balaban J connectivity index is 2.25. The van der Waals surface area contributed by atoms with E-state index in [1.54, 1.807) is 0 Å². The fourth-order valence-electron chi connectivity index (χ4n) is 2.62. The summed E-state index contributed by atoms with van der Waals surface area (Å²) in [4.78, 5) is 3.12. The molecule has 0 spiro atoms. The number of imidazole rings is 1. The molecule has 0 aliphatic heterocycles. The number of nitrogens with zero attached hydrogens (tertiary/aromatic N) is 1. The highest BCUT2D eigenvalue weighted by Gasteiger charge is 2.23. The summed E-state index contributed by atoms with van der Waals surface area (Å²) in [5.74, 6) is 0.830. The second-order valence-electron chi connectivity index (χ2n) is 4.39. The molecule has 78 valence electrons. The molecule has 1 heterocycles. The van der Waals surface area contributed by atoms with Gasteiger partial charge in [-0.1, -0.05) is 12.8 Å². The van der Waals surface area contributed by atoms with E-state index in [4.69, 9.17) is 12.2 Å². The predicted molar refractivity (Wildman–Crippen MR) is 61.0 cm³/mol. The quantitative estimate of drug-likeness (QED) is 0.740. The van der Waals surface area contributed by atoms with Crippen LogP contribution in [0.3, 0.4) is 0 Å². The molecule has 1 atom stereocenters. The number of hydrogen-bond donors (Lipinski definition) is 1. The normalized spacial score (nSPS) is 20.1. The molecule has 1 aliphatic carbocycles. The molecule has 14 heavy (non-hydrogen) atoms. The molecule has 2 nitrogen and oxygen atoms in total. The first kappa shape index (κ1) is 9.97. The highest BCUT2D eigenvalue weighted by Crippen LogP contribution is 2.34. The molecule has 0 radical (unpaired) electrons. The third kappa shape index (κ3) is 1.65. The second-order valence-corrected chi connectivity index (χ2v) is 4.78. The Morgan fingerprint density at radius 1 is 1.50 bits per heavy atom. The second kappa shape index (κ2) is 3.89. The van der Waals surface area contributed by atoms with Gasteiger partial charge in [0.15, 0.2) is 4.77 Å². The van der Waals surface area contributed by atoms with Gasteiger partial charge < -0.3 is 9.55 Å². The van der Waals surface area contributed by atoms with E-state index in [-0.39, 0.29) is 0 Å². The van der Waals surface area contributed by atoms with E-state index in [9.17, 15) is 0 Å². The minimum atomic E-state index is 0.566. The first-order chi connectivity index (χ1) is 6.70. The number of aromatic nitrogens is 2. The lowest BCUT2D eigenvalue weighted by Gasteiger charge is -2.21. The molecule has 1 aromatic rings. The van der Waals surface area contributed by atoms with Crippen LogP contribution in [0.15, 0.2) is 6.20 Å². The van der Waals surface area contributed by atoms with Crippen LogP contribution in [0.5, 0.6) is 0 Å². The maximum Gasteiger partial charge on any atom is 0.177 e. The van der Waals surface area contributed by atoms with Crippen molar-refractivity contribution in [2.75, 3.05) is 0 Å². The van der Waals surface area contributed by atoms with E-state index in [0.29, 0.717) is 6.04 Å². The van der Waals surface area contributed by atoms with E-state index in [1.165, 1.54) is 31.4 Å². The zero-order valence-corrected chi connectivity index (χ0v) is 9.73. The van der Waals surface area contributed by atoms with Crippen molar-refractivity contribution < 1.29 is 0 Å². The number of nitrogens with one attached hydrogen (secondary N) is 1. The van der Waals surface area contributed by atoms with Crippen LogP contribution >= 0.6 is 12.2 Å². The van der Waals surface area contributed by atoms with Crippen LogP contribution in [0, 0.1) is 17.6 Å². The topological polar surface area (TPSA) is 20.7 Å². The zero-order valence-electron chi connectivity index (χ0n) is 8.92. The third-order valence-electron chi connectivity index (χ3n) is 3.49. The number of rotatable bonds is 2. The Kier molecular flexibility index (Phi) is 2.77. The Morgan fingerprint density at radius 3 is 2.64 bits per heavy atom. The van der Waals surface area contributed by atoms with Gasteiger partial charge in [0, 0.05) is 17.9 Å². The Morgan fingerprint density at radius 2 is 2.14 bits per heavy atom. The van der Waals surface area contributed by atoms with Gasteiger partial charge in [0.2, 0.25) is 0 Å². The third-order valence-corrected chi connectivity index (χ3v) is 3.81. The molecule has 1 aliphatic rings. The first-order valence-corrected chi connectivity index (χ1v) is 5.87. The van der Waals surface area contributed by atoms with Crippen molar-refractivity contribution >= 4 is 12.2 Å². The van der Waals surface area contributed by atoms with Gasteiger partial charge in [-0.05, 0) is 44.8 Å². The van der Waals surface area contributed by atoms with Gasteiger partial charge in [-0.25, -0.2) is 0 Å². The summed E-state index contributed by atoms with van der Waals surface area (Å²) < 4.78 is 3.15. The van der Waals surface area contributed by atoms with Gasteiger partial charge in [0.05, 0.1) is 0 Å². The maximum atomic E-state index is 5.29. The molecule has 2 rings (SSSR count). The van der Waals surface area contributed by atoms with Crippen LogP contribution < -0.4 is 0 Å². The van der Waals surface area contributed by atoms with E-state index in [2.05, 4.69) is 23.4 Å². The number of H-pyrrole nitrogens is 1. The lowest BCUT2D eigenvalue weighted by Crippen LogP contribution is -2.15. The molecule has 1 unspecified atom stereocenters. The van der Waals surface area contributed by atoms with Crippen molar-refractivity contribution in [3.63, 3.8) is 0 Å². The van der Waals surface area contributed by atoms with Gasteiger partial charge in [0.25, 0.3) is 0 Å². The molecule has 0 aromatic carbocycles. The largest absolute Gasteiger partial charge is 0.337 e. The predicted octanol–water partition coefficient (Wildman–Crippen LogP) is 3.61. The average Bonchev–Trinajstić information content (AvgIpc) is 2.75. The Labute approximate surface area is 90.3 Å². The van der Waals surface area contributed by atoms with E-state index in [0.717, 1.165) is 10.7 Å². The fraction of sp³-hybridized carbons (Fsp3) is 0.727. The van der Waals surface area contributed by atoms with Gasteiger partial charge in [-0.2, -0.15) is 0 Å². The summed E-state index contributed by atoms with van der Waals surface area (Å²) in [5, 5.41) is 0. The molecule has 1 N–H and O–H groups in total. The van der Waals surface area contributed by atoms with Crippen LogP contribution in [0.2, 0.25) is 0 Å². The lowest BCUT2D eigenvalue weighted by molar-refractivity contribution is 0.353. The van der Waals surface area contributed by atoms with Crippen molar-refractivity contribution in [3.05, 3.63) is 16.7 Å². The van der Waals surface area contributed by atoms with Crippen LogP contribution in [0.4, 0.5) is 0 Å². The number of aromatic amines is 1. The van der Waals surface area contributed by atoms with E-state index >= 15 is 0 Å². The van der Waals surface area contributed by atoms with Gasteiger partial charge in [-0.15, -0.1) is 0 Å². The standard InChI is InChI=1S/C11H18N2S/c1-8-7-12-11(14)13(8)9(2)10-5-3-4-6-10/h7,9-10H,3-6H2,1-2H3,(H,12,14). The van der Waals surface area contributed by atoms with Crippen LogP contribution in [0.25, 0.3) is 0 Å². The summed E-state index contributed by atoms with van der Waals surface area (Å²) in [7, 11) is 0. The molecule has 0 saturated heterocycles. The minimum Gasteiger partial charge on any atom is -0.337 e. The fourth-order valence-corrected chi connectivity index (χ4v) is 2.99. The molecule has 1 aromatic heterocycles. The van der Waals surface area contributed by atoms with E-state index in [1.807, 2.05) is 6.20 Å². The highest BCUT2D eigenvalue weighted by molar-refractivity contribution is 7.71. The van der Waals surface area contributed by atoms with Gasteiger partial charge in [0.1, 0.15) is 0 Å². The molecular weight excluding hydrogens is 192 g/mol. The summed E-state index contributed by atoms with van der Waals surface area (Å²) in [6.07, 6.45) is 7.53. The molecule has 1 fully saturated rings. The van der Waals surface area contributed by atoms with Crippen LogP contribution in [0.1, 0.15) is 44.3 Å². The monoisotopic (exact) mass is 210 g/mol. The molecular formula is C11H18N2S. The molecule has 3 heteroatoms. The number of aryl methyl sites for hydroxylation is 1. The lowest BCUT2D eigenvalue weighted by atomic mass is 9.99.